The standard InChI is InChI=1S/C11H15FN2O2S/c1-4-7(2)14-17(15,16)9-5-10(12)8(3)11(13)6-9/h4-7,14H,1,13H2,2-3H3. The topological polar surface area (TPSA) is 72.2 Å². The fourth-order valence-electron chi connectivity index (χ4n) is 1.19. The van der Waals surface area contributed by atoms with Gasteiger partial charge in [-0.2, -0.15) is 0 Å². The zero-order valence-corrected chi connectivity index (χ0v) is 10.5. The predicted octanol–water partition coefficient (Wildman–Crippen LogP) is 1.57. The molecule has 1 aromatic carbocycles. The molecule has 1 unspecified atom stereocenters. The largest absolute Gasteiger partial charge is 0.398 e. The van der Waals surface area contributed by atoms with Gasteiger partial charge in [0.15, 0.2) is 0 Å². The van der Waals surface area contributed by atoms with E-state index < -0.39 is 21.9 Å². The number of hydrogen-bond acceptors (Lipinski definition) is 3. The van der Waals surface area contributed by atoms with Gasteiger partial charge in [0.2, 0.25) is 10.0 Å². The number of halogens is 1. The fourth-order valence-corrected chi connectivity index (χ4v) is 2.45. The van der Waals surface area contributed by atoms with Gasteiger partial charge < -0.3 is 5.73 Å². The van der Waals surface area contributed by atoms with E-state index in [0.717, 1.165) is 6.07 Å². The van der Waals surface area contributed by atoms with Gasteiger partial charge in [-0.25, -0.2) is 17.5 Å². The van der Waals surface area contributed by atoms with Crippen molar-refractivity contribution < 1.29 is 12.8 Å². The molecule has 0 amide bonds. The normalized spacial score (nSPS) is 13.4. The Bertz CT molecular complexity index is 517. The molecule has 17 heavy (non-hydrogen) atoms. The molecule has 94 valence electrons. The first-order valence-corrected chi connectivity index (χ1v) is 6.46. The number of nitrogen functional groups attached to an aromatic ring is 1. The van der Waals surface area contributed by atoms with Crippen LogP contribution in [0.5, 0.6) is 0 Å². The second kappa shape index (κ2) is 4.85. The van der Waals surface area contributed by atoms with Crippen molar-refractivity contribution in [2.45, 2.75) is 24.8 Å². The van der Waals surface area contributed by atoms with Gasteiger partial charge in [-0.3, -0.25) is 0 Å². The minimum atomic E-state index is -3.77. The van der Waals surface area contributed by atoms with Crippen molar-refractivity contribution >= 4 is 15.7 Å². The summed E-state index contributed by atoms with van der Waals surface area (Å²) in [6.45, 7) is 6.57. The van der Waals surface area contributed by atoms with Crippen LogP contribution in [-0.4, -0.2) is 14.5 Å². The van der Waals surface area contributed by atoms with Gasteiger partial charge in [0.25, 0.3) is 0 Å². The van der Waals surface area contributed by atoms with E-state index in [1.54, 1.807) is 6.92 Å². The molecule has 6 heteroatoms. The molecule has 0 aliphatic carbocycles. The lowest BCUT2D eigenvalue weighted by atomic mass is 10.2. The number of rotatable bonds is 4. The highest BCUT2D eigenvalue weighted by atomic mass is 32.2. The molecule has 0 aliphatic heterocycles. The van der Waals surface area contributed by atoms with Crippen LogP contribution in [0.4, 0.5) is 10.1 Å². The lowest BCUT2D eigenvalue weighted by Crippen LogP contribution is -2.31. The average molecular weight is 258 g/mol. The molecule has 0 saturated carbocycles. The molecule has 0 radical (unpaired) electrons. The lowest BCUT2D eigenvalue weighted by Gasteiger charge is -2.12. The number of hydrogen-bond donors (Lipinski definition) is 2. The number of sulfonamides is 1. The molecule has 1 rings (SSSR count). The summed E-state index contributed by atoms with van der Waals surface area (Å²) in [6, 6.07) is 1.74. The molecule has 0 heterocycles. The van der Waals surface area contributed by atoms with Gasteiger partial charge in [-0.05, 0) is 26.0 Å². The van der Waals surface area contributed by atoms with Crippen LogP contribution in [0.15, 0.2) is 29.7 Å². The Kier molecular flexibility index (Phi) is 3.90. The first-order valence-electron chi connectivity index (χ1n) is 4.98. The Morgan fingerprint density at radius 1 is 1.53 bits per heavy atom. The van der Waals surface area contributed by atoms with Crippen molar-refractivity contribution in [1.29, 1.82) is 0 Å². The van der Waals surface area contributed by atoms with E-state index in [9.17, 15) is 12.8 Å². The van der Waals surface area contributed by atoms with Crippen LogP contribution in [0.3, 0.4) is 0 Å². The first-order chi connectivity index (χ1) is 7.77. The van der Waals surface area contributed by atoms with Gasteiger partial charge in [-0.15, -0.1) is 6.58 Å². The zero-order chi connectivity index (χ0) is 13.2. The van der Waals surface area contributed by atoms with E-state index in [0.29, 0.717) is 0 Å². The second-order valence-corrected chi connectivity index (χ2v) is 5.48. The Balaban J connectivity index is 3.21. The van der Waals surface area contributed by atoms with Crippen molar-refractivity contribution in [3.63, 3.8) is 0 Å². The summed E-state index contributed by atoms with van der Waals surface area (Å²) < 4.78 is 39.4. The zero-order valence-electron chi connectivity index (χ0n) is 9.70. The predicted molar refractivity (Wildman–Crippen MR) is 65.5 cm³/mol. The molecular formula is C11H15FN2O2S. The minimum Gasteiger partial charge on any atom is -0.398 e. The molecule has 0 spiro atoms. The maximum absolute atomic E-state index is 13.4. The van der Waals surface area contributed by atoms with Crippen molar-refractivity contribution in [3.8, 4) is 0 Å². The lowest BCUT2D eigenvalue weighted by molar-refractivity contribution is 0.572. The Hall–Kier alpha value is -1.40. The van der Waals surface area contributed by atoms with E-state index in [4.69, 9.17) is 5.73 Å². The molecule has 4 nitrogen and oxygen atoms in total. The van der Waals surface area contributed by atoms with Gasteiger partial charge >= 0.3 is 0 Å². The second-order valence-electron chi connectivity index (χ2n) is 3.76. The first kappa shape index (κ1) is 13.7. The van der Waals surface area contributed by atoms with Crippen LogP contribution in [0.2, 0.25) is 0 Å². The molecule has 0 fully saturated rings. The van der Waals surface area contributed by atoms with E-state index >= 15 is 0 Å². The van der Waals surface area contributed by atoms with E-state index in [-0.39, 0.29) is 16.1 Å². The summed E-state index contributed by atoms with van der Waals surface area (Å²) in [4.78, 5) is -0.188. The highest BCUT2D eigenvalue weighted by Gasteiger charge is 2.18. The molecule has 1 aromatic rings. The summed E-state index contributed by atoms with van der Waals surface area (Å²) in [5, 5.41) is 0. The van der Waals surface area contributed by atoms with Crippen LogP contribution < -0.4 is 10.5 Å². The summed E-state index contributed by atoms with van der Waals surface area (Å²) in [5.41, 5.74) is 5.87. The van der Waals surface area contributed by atoms with Gasteiger partial charge in [-0.1, -0.05) is 6.08 Å². The van der Waals surface area contributed by atoms with E-state index in [1.165, 1.54) is 19.1 Å². The van der Waals surface area contributed by atoms with Crippen LogP contribution in [0.25, 0.3) is 0 Å². The SMILES string of the molecule is C=CC(C)NS(=O)(=O)c1cc(N)c(C)c(F)c1. The summed E-state index contributed by atoms with van der Waals surface area (Å²) in [5.74, 6) is -0.642. The van der Waals surface area contributed by atoms with Crippen molar-refractivity contribution in [2.75, 3.05) is 5.73 Å². The summed E-state index contributed by atoms with van der Waals surface area (Å²) in [6.07, 6.45) is 1.44. The number of anilines is 1. The third-order valence-corrected chi connectivity index (χ3v) is 3.90. The molecule has 0 aromatic heterocycles. The molecule has 1 atom stereocenters. The number of nitrogens with two attached hydrogens (primary N) is 1. The van der Waals surface area contributed by atoms with Crippen LogP contribution in [-0.2, 0) is 10.0 Å². The van der Waals surface area contributed by atoms with Crippen LogP contribution in [0, 0.1) is 12.7 Å². The maximum Gasteiger partial charge on any atom is 0.241 e. The Morgan fingerprint density at radius 3 is 2.59 bits per heavy atom. The molecule has 3 N–H and O–H groups in total. The maximum atomic E-state index is 13.4. The Labute approximate surface area is 100 Å². The van der Waals surface area contributed by atoms with E-state index in [2.05, 4.69) is 11.3 Å². The van der Waals surface area contributed by atoms with Crippen molar-refractivity contribution in [3.05, 3.63) is 36.2 Å². The van der Waals surface area contributed by atoms with Gasteiger partial charge in [0, 0.05) is 17.3 Å². The van der Waals surface area contributed by atoms with E-state index in [1.807, 2.05) is 0 Å². The quantitative estimate of drug-likeness (QED) is 0.636. The Morgan fingerprint density at radius 2 is 2.12 bits per heavy atom. The molecular weight excluding hydrogens is 243 g/mol. The number of benzene rings is 1. The van der Waals surface area contributed by atoms with Crippen LogP contribution in [0.1, 0.15) is 12.5 Å². The average Bonchev–Trinajstić information content (AvgIpc) is 2.24. The van der Waals surface area contributed by atoms with Gasteiger partial charge in [0.1, 0.15) is 5.82 Å². The summed E-state index contributed by atoms with van der Waals surface area (Å²) >= 11 is 0. The molecule has 0 saturated heterocycles. The third-order valence-electron chi connectivity index (χ3n) is 2.36. The minimum absolute atomic E-state index is 0.108. The molecule has 0 bridgehead atoms. The van der Waals surface area contributed by atoms with Crippen molar-refractivity contribution in [2.24, 2.45) is 0 Å². The van der Waals surface area contributed by atoms with Gasteiger partial charge in [0.05, 0.1) is 4.90 Å². The number of nitrogens with one attached hydrogen (secondary N) is 1. The molecule has 0 aliphatic rings. The fraction of sp³-hybridized carbons (Fsp3) is 0.273. The highest BCUT2D eigenvalue weighted by molar-refractivity contribution is 7.89. The smallest absolute Gasteiger partial charge is 0.241 e. The van der Waals surface area contributed by atoms with Crippen molar-refractivity contribution in [1.82, 2.24) is 4.72 Å². The third kappa shape index (κ3) is 3.04. The van der Waals surface area contributed by atoms with Crippen LogP contribution >= 0.6 is 0 Å². The highest BCUT2D eigenvalue weighted by Crippen LogP contribution is 2.20. The summed E-state index contributed by atoms with van der Waals surface area (Å²) in [7, 11) is -3.77. The monoisotopic (exact) mass is 258 g/mol.